The van der Waals surface area contributed by atoms with Gasteiger partial charge < -0.3 is 14.8 Å². The number of amides is 1. The number of benzene rings is 2. The van der Waals surface area contributed by atoms with Crippen LogP contribution in [0, 0.1) is 0 Å². The van der Waals surface area contributed by atoms with Crippen LogP contribution in [0.25, 0.3) is 11.0 Å². The average molecular weight is 527 g/mol. The normalized spacial score (nSPS) is 12.4. The van der Waals surface area contributed by atoms with Crippen LogP contribution in [0.4, 0.5) is 0 Å². The maximum atomic E-state index is 12.9. The molecule has 0 unspecified atom stereocenters. The molecule has 1 amide bonds. The Labute approximate surface area is 205 Å². The Morgan fingerprint density at radius 3 is 2.35 bits per heavy atom. The first-order valence-corrected chi connectivity index (χ1v) is 12.6. The zero-order valence-electron chi connectivity index (χ0n) is 17.8. The number of hydrogen-bond acceptors (Lipinski definition) is 6. The van der Waals surface area contributed by atoms with E-state index in [-0.39, 0.29) is 40.6 Å². The topological polar surface area (TPSA) is 143 Å². The summed E-state index contributed by atoms with van der Waals surface area (Å²) >= 11 is 12.5. The number of rotatable bonds is 10. The summed E-state index contributed by atoms with van der Waals surface area (Å²) in [6, 6.07) is 7.95. The van der Waals surface area contributed by atoms with Crippen LogP contribution in [0.1, 0.15) is 39.1 Å². The molecule has 180 valence electrons. The Balaban J connectivity index is 1.75. The largest absolute Gasteiger partial charge is 0.480 e. The number of carboxylic acids is 1. The lowest BCUT2D eigenvalue weighted by atomic mass is 10.0. The van der Waals surface area contributed by atoms with Gasteiger partial charge in [-0.2, -0.15) is 0 Å². The summed E-state index contributed by atoms with van der Waals surface area (Å²) in [5.74, 6) is -2.54. The quantitative estimate of drug-likeness (QED) is 0.271. The summed E-state index contributed by atoms with van der Waals surface area (Å²) in [5.41, 5.74) is 0.826. The third-order valence-corrected chi connectivity index (χ3v) is 6.21. The van der Waals surface area contributed by atoms with Crippen LogP contribution in [0.5, 0.6) is 0 Å². The van der Waals surface area contributed by atoms with E-state index in [0.29, 0.717) is 11.1 Å². The van der Waals surface area contributed by atoms with E-state index in [1.54, 1.807) is 24.3 Å². The number of hydrogen-bond donors (Lipinski definition) is 3. The second-order valence-electron chi connectivity index (χ2n) is 7.49. The standard InChI is InChI=1S/C22H20Cl2N2O7S/c1-34(31,32)25-7-2-3-17(22(29)30)26-21(28)19-15(23)9-14(10-16(19)24)20(27)13-5-4-12-6-8-33-18(12)11-13/h4-6,8-11,17,25H,2-3,7H2,1H3,(H,26,28)(H,29,30)/t17-/m0/s1. The van der Waals surface area contributed by atoms with Gasteiger partial charge in [-0.05, 0) is 37.1 Å². The van der Waals surface area contributed by atoms with Crippen LogP contribution < -0.4 is 10.0 Å². The number of fused-ring (bicyclic) bond motifs is 1. The number of halogens is 2. The molecule has 0 spiro atoms. The summed E-state index contributed by atoms with van der Waals surface area (Å²) in [5, 5.41) is 12.3. The number of furan rings is 1. The highest BCUT2D eigenvalue weighted by atomic mass is 35.5. The fourth-order valence-electron chi connectivity index (χ4n) is 3.24. The van der Waals surface area contributed by atoms with Gasteiger partial charge in [0.2, 0.25) is 10.0 Å². The number of aliphatic carboxylic acids is 1. The smallest absolute Gasteiger partial charge is 0.326 e. The molecule has 3 rings (SSSR count). The molecule has 0 fully saturated rings. The molecule has 0 aliphatic carbocycles. The molecule has 1 aromatic heterocycles. The van der Waals surface area contributed by atoms with Crippen LogP contribution in [0.15, 0.2) is 47.1 Å². The van der Waals surface area contributed by atoms with Gasteiger partial charge >= 0.3 is 5.97 Å². The van der Waals surface area contributed by atoms with E-state index in [1.165, 1.54) is 18.4 Å². The molecule has 0 radical (unpaired) electrons. The molecule has 12 heteroatoms. The van der Waals surface area contributed by atoms with Crippen molar-refractivity contribution in [3.05, 3.63) is 69.4 Å². The highest BCUT2D eigenvalue weighted by Gasteiger charge is 2.25. The number of sulfonamides is 1. The molecule has 0 saturated heterocycles. The third kappa shape index (κ3) is 6.35. The van der Waals surface area contributed by atoms with Crippen LogP contribution in [-0.4, -0.2) is 50.0 Å². The van der Waals surface area contributed by atoms with Crippen LogP contribution in [-0.2, 0) is 14.8 Å². The minimum absolute atomic E-state index is 0.0145. The minimum Gasteiger partial charge on any atom is -0.480 e. The first-order chi connectivity index (χ1) is 16.0. The van der Waals surface area contributed by atoms with Gasteiger partial charge in [-0.25, -0.2) is 17.9 Å². The van der Waals surface area contributed by atoms with Crippen molar-refractivity contribution >= 4 is 61.9 Å². The molecule has 1 heterocycles. The van der Waals surface area contributed by atoms with Gasteiger partial charge in [-0.3, -0.25) is 9.59 Å². The maximum absolute atomic E-state index is 12.9. The molecule has 9 nitrogen and oxygen atoms in total. The number of nitrogens with one attached hydrogen (secondary N) is 2. The Morgan fingerprint density at radius 2 is 1.74 bits per heavy atom. The summed E-state index contributed by atoms with van der Waals surface area (Å²) in [4.78, 5) is 37.1. The molecule has 34 heavy (non-hydrogen) atoms. The monoisotopic (exact) mass is 526 g/mol. The summed E-state index contributed by atoms with van der Waals surface area (Å²) < 4.78 is 29.8. The van der Waals surface area contributed by atoms with Crippen LogP contribution >= 0.6 is 23.2 Å². The molecule has 3 N–H and O–H groups in total. The van der Waals surface area contributed by atoms with Crippen LogP contribution in [0.3, 0.4) is 0 Å². The SMILES string of the molecule is CS(=O)(=O)NCCC[C@H](NC(=O)c1c(Cl)cc(C(=O)c2ccc3ccoc3c2)cc1Cl)C(=O)O. The molecule has 0 saturated carbocycles. The van der Waals surface area contributed by atoms with Crippen molar-refractivity contribution in [1.29, 1.82) is 0 Å². The van der Waals surface area contributed by atoms with Crippen molar-refractivity contribution in [2.45, 2.75) is 18.9 Å². The summed E-state index contributed by atoms with van der Waals surface area (Å²) in [7, 11) is -3.41. The molecule has 0 bridgehead atoms. The van der Waals surface area contributed by atoms with Gasteiger partial charge in [0.1, 0.15) is 11.6 Å². The lowest BCUT2D eigenvalue weighted by Gasteiger charge is -2.16. The van der Waals surface area contributed by atoms with Crippen molar-refractivity contribution in [3.8, 4) is 0 Å². The Morgan fingerprint density at radius 1 is 1.06 bits per heavy atom. The molecule has 3 aromatic rings. The fraction of sp³-hybridized carbons (Fsp3) is 0.227. The zero-order valence-corrected chi connectivity index (χ0v) is 20.1. The van der Waals surface area contributed by atoms with Gasteiger partial charge in [-0.15, -0.1) is 0 Å². The fourth-order valence-corrected chi connectivity index (χ4v) is 4.41. The van der Waals surface area contributed by atoms with E-state index in [2.05, 4.69) is 10.0 Å². The first kappa shape index (κ1) is 25.7. The Kier molecular flexibility index (Phi) is 7.98. The van der Waals surface area contributed by atoms with E-state index >= 15 is 0 Å². The van der Waals surface area contributed by atoms with Crippen molar-refractivity contribution in [3.63, 3.8) is 0 Å². The van der Waals surface area contributed by atoms with Gasteiger partial charge in [0.25, 0.3) is 5.91 Å². The van der Waals surface area contributed by atoms with Crippen molar-refractivity contribution in [1.82, 2.24) is 10.0 Å². The molecule has 2 aromatic carbocycles. The van der Waals surface area contributed by atoms with Crippen molar-refractivity contribution in [2.24, 2.45) is 0 Å². The summed E-state index contributed by atoms with van der Waals surface area (Å²) in [6.45, 7) is 0.0145. The average Bonchev–Trinajstić information content (AvgIpc) is 3.21. The molecular weight excluding hydrogens is 507 g/mol. The highest BCUT2D eigenvalue weighted by molar-refractivity contribution is 7.88. The van der Waals surface area contributed by atoms with E-state index in [4.69, 9.17) is 27.6 Å². The van der Waals surface area contributed by atoms with Crippen molar-refractivity contribution in [2.75, 3.05) is 12.8 Å². The van der Waals surface area contributed by atoms with E-state index in [9.17, 15) is 27.9 Å². The van der Waals surface area contributed by atoms with E-state index in [1.807, 2.05) is 0 Å². The van der Waals surface area contributed by atoms with E-state index < -0.39 is 33.7 Å². The summed E-state index contributed by atoms with van der Waals surface area (Å²) in [6.07, 6.45) is 2.62. The Bertz CT molecular complexity index is 1350. The van der Waals surface area contributed by atoms with E-state index in [0.717, 1.165) is 11.6 Å². The number of carbonyl (C=O) groups is 3. The predicted octanol–water partition coefficient (Wildman–Crippen LogP) is 3.48. The highest BCUT2D eigenvalue weighted by Crippen LogP contribution is 2.29. The van der Waals surface area contributed by atoms with Crippen molar-refractivity contribution < 1.29 is 32.3 Å². The maximum Gasteiger partial charge on any atom is 0.326 e. The lowest BCUT2D eigenvalue weighted by molar-refractivity contribution is -0.139. The minimum atomic E-state index is -3.41. The lowest BCUT2D eigenvalue weighted by Crippen LogP contribution is -2.41. The predicted molar refractivity (Wildman–Crippen MR) is 127 cm³/mol. The molecule has 0 aliphatic heterocycles. The van der Waals surface area contributed by atoms with Gasteiger partial charge in [0, 0.05) is 23.1 Å². The second kappa shape index (κ2) is 10.6. The third-order valence-electron chi connectivity index (χ3n) is 4.89. The second-order valence-corrected chi connectivity index (χ2v) is 10.1. The number of carbonyl (C=O) groups excluding carboxylic acids is 2. The van der Waals surface area contributed by atoms with Gasteiger partial charge in [0.05, 0.1) is 28.1 Å². The van der Waals surface area contributed by atoms with Crippen LogP contribution in [0.2, 0.25) is 10.0 Å². The molecule has 0 aliphatic rings. The number of carboxylic acid groups (broad SMARTS) is 1. The Hall–Kier alpha value is -2.92. The van der Waals surface area contributed by atoms with Gasteiger partial charge in [0.15, 0.2) is 5.78 Å². The number of ketones is 1. The zero-order chi connectivity index (χ0) is 25.0. The first-order valence-electron chi connectivity index (χ1n) is 9.95. The molecule has 1 atom stereocenters. The molecular formula is C22H20Cl2N2O7S. The van der Waals surface area contributed by atoms with Gasteiger partial charge in [-0.1, -0.05) is 35.3 Å².